The van der Waals surface area contributed by atoms with Crippen molar-refractivity contribution in [3.8, 4) is 11.5 Å². The number of benzene rings is 3. The van der Waals surface area contributed by atoms with Gasteiger partial charge in [0.2, 0.25) is 0 Å². The number of esters is 1. The van der Waals surface area contributed by atoms with Gasteiger partial charge in [0, 0.05) is 10.0 Å². The molecule has 0 aliphatic heterocycles. The quantitative estimate of drug-likeness (QED) is 0.167. The first-order valence-electron chi connectivity index (χ1n) is 9.45. The molecule has 3 aromatic carbocycles. The minimum absolute atomic E-state index is 0.198. The Morgan fingerprint density at radius 3 is 2.18 bits per heavy atom. The summed E-state index contributed by atoms with van der Waals surface area (Å²) in [5.74, 6) is -0.436. The standard InChI is InChI=1S/C23H16Cl4N2O4/c1-13(32-21-9-5-16(25)11-20(21)27)22(30)29-28-12-14-2-6-17(7-3-14)33-23(31)18-8-4-15(24)10-19(18)26/h2-13H,1H3,(H,29,30)/b28-12-/t13-/m0/s1. The number of carbonyl (C=O) groups is 2. The highest BCUT2D eigenvalue weighted by Crippen LogP contribution is 2.28. The number of nitrogens with one attached hydrogen (secondary N) is 1. The van der Waals surface area contributed by atoms with Crippen LogP contribution in [0, 0.1) is 0 Å². The zero-order valence-corrected chi connectivity index (χ0v) is 20.0. The SMILES string of the molecule is C[C@H](Oc1ccc(Cl)cc1Cl)C(=O)N/N=C\c1ccc(OC(=O)c2ccc(Cl)cc2Cl)cc1. The van der Waals surface area contributed by atoms with Crippen molar-refractivity contribution in [2.24, 2.45) is 5.10 Å². The van der Waals surface area contributed by atoms with Crippen molar-refractivity contribution in [1.82, 2.24) is 5.43 Å². The molecule has 0 aliphatic carbocycles. The van der Waals surface area contributed by atoms with Gasteiger partial charge in [-0.1, -0.05) is 46.4 Å². The second-order valence-electron chi connectivity index (χ2n) is 6.65. The molecule has 1 atom stereocenters. The Hall–Kier alpha value is -2.77. The van der Waals surface area contributed by atoms with Crippen LogP contribution in [-0.2, 0) is 4.79 Å². The number of hydrogen-bond donors (Lipinski definition) is 1. The van der Waals surface area contributed by atoms with Crippen molar-refractivity contribution in [1.29, 1.82) is 0 Å². The number of halogens is 4. The zero-order valence-electron chi connectivity index (χ0n) is 17.0. The van der Waals surface area contributed by atoms with Gasteiger partial charge in [-0.15, -0.1) is 0 Å². The molecule has 0 aliphatic rings. The van der Waals surface area contributed by atoms with Gasteiger partial charge >= 0.3 is 5.97 Å². The zero-order chi connectivity index (χ0) is 24.0. The van der Waals surface area contributed by atoms with Gasteiger partial charge < -0.3 is 9.47 Å². The summed E-state index contributed by atoms with van der Waals surface area (Å²) in [6, 6.07) is 15.7. The van der Waals surface area contributed by atoms with Crippen molar-refractivity contribution in [3.05, 3.63) is 91.9 Å². The van der Waals surface area contributed by atoms with Crippen molar-refractivity contribution >= 4 is 64.5 Å². The van der Waals surface area contributed by atoms with Crippen molar-refractivity contribution in [2.45, 2.75) is 13.0 Å². The van der Waals surface area contributed by atoms with Gasteiger partial charge in [-0.2, -0.15) is 5.10 Å². The second-order valence-corrected chi connectivity index (χ2v) is 8.34. The topological polar surface area (TPSA) is 77.0 Å². The molecule has 0 bridgehead atoms. The minimum atomic E-state index is -0.845. The summed E-state index contributed by atoms with van der Waals surface area (Å²) >= 11 is 23.7. The van der Waals surface area contributed by atoms with E-state index in [0.29, 0.717) is 32.1 Å². The molecule has 0 heterocycles. The lowest BCUT2D eigenvalue weighted by Crippen LogP contribution is -2.33. The molecular weight excluding hydrogens is 510 g/mol. The van der Waals surface area contributed by atoms with Crippen LogP contribution in [0.3, 0.4) is 0 Å². The van der Waals surface area contributed by atoms with Gasteiger partial charge in [0.1, 0.15) is 11.5 Å². The molecule has 0 aromatic heterocycles. The first-order valence-corrected chi connectivity index (χ1v) is 11.0. The van der Waals surface area contributed by atoms with Crippen LogP contribution in [0.25, 0.3) is 0 Å². The lowest BCUT2D eigenvalue weighted by atomic mass is 10.2. The average molecular weight is 526 g/mol. The summed E-state index contributed by atoms with van der Waals surface area (Å²) in [6.45, 7) is 1.56. The number of amides is 1. The van der Waals surface area contributed by atoms with Gasteiger partial charge in [-0.05, 0) is 73.2 Å². The van der Waals surface area contributed by atoms with E-state index in [1.54, 1.807) is 49.4 Å². The van der Waals surface area contributed by atoms with E-state index in [-0.39, 0.29) is 10.6 Å². The molecule has 0 spiro atoms. The molecule has 1 amide bonds. The molecule has 3 rings (SSSR count). The van der Waals surface area contributed by atoms with Crippen LogP contribution in [0.1, 0.15) is 22.8 Å². The van der Waals surface area contributed by atoms with E-state index in [1.165, 1.54) is 24.4 Å². The van der Waals surface area contributed by atoms with E-state index in [1.807, 2.05) is 0 Å². The van der Waals surface area contributed by atoms with Crippen molar-refractivity contribution < 1.29 is 19.1 Å². The van der Waals surface area contributed by atoms with Gasteiger partial charge in [0.25, 0.3) is 5.91 Å². The lowest BCUT2D eigenvalue weighted by Gasteiger charge is -2.14. The third-order valence-electron chi connectivity index (χ3n) is 4.20. The van der Waals surface area contributed by atoms with Crippen LogP contribution >= 0.6 is 46.4 Å². The predicted octanol–water partition coefficient (Wildman–Crippen LogP) is 6.44. The first kappa shape index (κ1) is 24.9. The fourth-order valence-corrected chi connectivity index (χ4v) is 3.45. The molecule has 10 heteroatoms. The number of rotatable bonds is 7. The molecular formula is C23H16Cl4N2O4. The predicted molar refractivity (Wildman–Crippen MR) is 130 cm³/mol. The smallest absolute Gasteiger partial charge is 0.345 e. The molecule has 1 N–H and O–H groups in total. The lowest BCUT2D eigenvalue weighted by molar-refractivity contribution is -0.127. The minimum Gasteiger partial charge on any atom is -0.479 e. The van der Waals surface area contributed by atoms with Crippen LogP contribution in [0.5, 0.6) is 11.5 Å². The molecule has 0 saturated heterocycles. The maximum Gasteiger partial charge on any atom is 0.345 e. The largest absolute Gasteiger partial charge is 0.479 e. The molecule has 33 heavy (non-hydrogen) atoms. The number of nitrogens with zero attached hydrogens (tertiary/aromatic N) is 1. The fourth-order valence-electron chi connectivity index (χ4n) is 2.52. The van der Waals surface area contributed by atoms with Crippen LogP contribution in [0.15, 0.2) is 65.8 Å². The summed E-state index contributed by atoms with van der Waals surface area (Å²) in [6.07, 6.45) is 0.587. The molecule has 6 nitrogen and oxygen atoms in total. The Morgan fingerprint density at radius 1 is 0.909 bits per heavy atom. The van der Waals surface area contributed by atoms with Crippen LogP contribution in [0.2, 0.25) is 20.1 Å². The fraction of sp³-hybridized carbons (Fsp3) is 0.0870. The molecule has 3 aromatic rings. The van der Waals surface area contributed by atoms with E-state index in [4.69, 9.17) is 55.9 Å². The number of ether oxygens (including phenoxy) is 2. The van der Waals surface area contributed by atoms with Gasteiger partial charge in [0.05, 0.1) is 21.8 Å². The molecule has 0 saturated carbocycles. The molecule has 170 valence electrons. The Labute approximate surface area is 210 Å². The Balaban J connectivity index is 1.53. The number of carbonyl (C=O) groups excluding carboxylic acids is 2. The van der Waals surface area contributed by atoms with E-state index in [0.717, 1.165) is 0 Å². The first-order chi connectivity index (χ1) is 15.7. The Kier molecular flexibility index (Phi) is 8.58. The highest BCUT2D eigenvalue weighted by Gasteiger charge is 2.16. The van der Waals surface area contributed by atoms with Gasteiger partial charge in [-0.25, -0.2) is 10.2 Å². The summed E-state index contributed by atoms with van der Waals surface area (Å²) in [5, 5.41) is 5.28. The molecule has 0 fully saturated rings. The maximum absolute atomic E-state index is 12.3. The monoisotopic (exact) mass is 524 g/mol. The third kappa shape index (κ3) is 7.11. The Bertz CT molecular complexity index is 1200. The van der Waals surface area contributed by atoms with Gasteiger partial charge in [-0.3, -0.25) is 4.79 Å². The maximum atomic E-state index is 12.3. The normalized spacial score (nSPS) is 11.8. The van der Waals surface area contributed by atoms with Crippen molar-refractivity contribution in [2.75, 3.05) is 0 Å². The highest BCUT2D eigenvalue weighted by molar-refractivity contribution is 6.36. The van der Waals surface area contributed by atoms with Crippen LogP contribution in [-0.4, -0.2) is 24.2 Å². The summed E-state index contributed by atoms with van der Waals surface area (Å²) in [5.41, 5.74) is 3.25. The summed E-state index contributed by atoms with van der Waals surface area (Å²) in [4.78, 5) is 24.4. The van der Waals surface area contributed by atoms with E-state index in [2.05, 4.69) is 10.5 Å². The van der Waals surface area contributed by atoms with Crippen molar-refractivity contribution in [3.63, 3.8) is 0 Å². The second kappa shape index (κ2) is 11.4. The van der Waals surface area contributed by atoms with Crippen LogP contribution in [0.4, 0.5) is 0 Å². The van der Waals surface area contributed by atoms with Crippen LogP contribution < -0.4 is 14.9 Å². The van der Waals surface area contributed by atoms with Gasteiger partial charge in [0.15, 0.2) is 6.10 Å². The van der Waals surface area contributed by atoms with E-state index in [9.17, 15) is 9.59 Å². The number of hydrogen-bond acceptors (Lipinski definition) is 5. The summed E-state index contributed by atoms with van der Waals surface area (Å²) in [7, 11) is 0. The van der Waals surface area contributed by atoms with E-state index < -0.39 is 18.0 Å². The molecule has 0 radical (unpaired) electrons. The average Bonchev–Trinajstić information content (AvgIpc) is 2.76. The summed E-state index contributed by atoms with van der Waals surface area (Å²) < 4.78 is 10.8. The number of hydrazone groups is 1. The highest BCUT2D eigenvalue weighted by atomic mass is 35.5. The van der Waals surface area contributed by atoms with E-state index >= 15 is 0 Å². The third-order valence-corrected chi connectivity index (χ3v) is 5.28. The Morgan fingerprint density at radius 2 is 1.55 bits per heavy atom. The molecule has 0 unspecified atom stereocenters.